The van der Waals surface area contributed by atoms with Gasteiger partial charge in [-0.3, -0.25) is 0 Å². The SMILES string of the molecule is O=C(N[C@H]1CCCN(S(=O)(=O)c2cccc(Cl)c2F)C1)N1CCOCC1. The molecule has 1 atom stereocenters. The van der Waals surface area contributed by atoms with Crippen molar-refractivity contribution in [2.24, 2.45) is 0 Å². The van der Waals surface area contributed by atoms with Gasteiger partial charge in [0.15, 0.2) is 5.82 Å². The number of amides is 2. The van der Waals surface area contributed by atoms with Crippen LogP contribution in [0.4, 0.5) is 9.18 Å². The molecular formula is C16H21ClFN3O4S. The predicted octanol–water partition coefficient (Wildman–Crippen LogP) is 1.67. The summed E-state index contributed by atoms with van der Waals surface area (Å²) in [5.74, 6) is -0.950. The molecule has 10 heteroatoms. The molecule has 2 fully saturated rings. The Kier molecular flexibility index (Phi) is 6.01. The molecule has 0 bridgehead atoms. The smallest absolute Gasteiger partial charge is 0.317 e. The van der Waals surface area contributed by atoms with Crippen LogP contribution in [0.3, 0.4) is 0 Å². The highest BCUT2D eigenvalue weighted by molar-refractivity contribution is 7.89. The zero-order valence-corrected chi connectivity index (χ0v) is 15.7. The predicted molar refractivity (Wildman–Crippen MR) is 94.1 cm³/mol. The number of rotatable bonds is 3. The van der Waals surface area contributed by atoms with E-state index in [0.29, 0.717) is 39.1 Å². The fourth-order valence-corrected chi connectivity index (χ4v) is 4.97. The average molecular weight is 406 g/mol. The lowest BCUT2D eigenvalue weighted by Crippen LogP contribution is -2.54. The number of morpholine rings is 1. The van der Waals surface area contributed by atoms with Crippen LogP contribution < -0.4 is 5.32 Å². The number of hydrogen-bond donors (Lipinski definition) is 1. The monoisotopic (exact) mass is 405 g/mol. The summed E-state index contributed by atoms with van der Waals surface area (Å²) in [6, 6.07) is 3.35. The highest BCUT2D eigenvalue weighted by Gasteiger charge is 2.33. The molecule has 3 rings (SSSR count). The Labute approximate surface area is 157 Å². The van der Waals surface area contributed by atoms with Crippen LogP contribution in [-0.2, 0) is 14.8 Å². The minimum atomic E-state index is -4.02. The van der Waals surface area contributed by atoms with Crippen molar-refractivity contribution in [1.82, 2.24) is 14.5 Å². The Morgan fingerprint density at radius 1 is 1.27 bits per heavy atom. The first-order chi connectivity index (χ1) is 12.4. The largest absolute Gasteiger partial charge is 0.378 e. The number of urea groups is 1. The maximum atomic E-state index is 14.2. The molecule has 26 heavy (non-hydrogen) atoms. The van der Waals surface area contributed by atoms with Gasteiger partial charge in [0, 0.05) is 32.2 Å². The molecule has 2 aliphatic heterocycles. The Morgan fingerprint density at radius 3 is 2.73 bits per heavy atom. The molecule has 0 radical (unpaired) electrons. The lowest BCUT2D eigenvalue weighted by molar-refractivity contribution is 0.0519. The van der Waals surface area contributed by atoms with Gasteiger partial charge < -0.3 is 15.0 Å². The summed E-state index contributed by atoms with van der Waals surface area (Å²) in [6.45, 7) is 2.38. The van der Waals surface area contributed by atoms with Gasteiger partial charge in [-0.05, 0) is 25.0 Å². The fraction of sp³-hybridized carbons (Fsp3) is 0.562. The number of carbonyl (C=O) groups excluding carboxylic acids is 1. The molecule has 2 aliphatic rings. The summed E-state index contributed by atoms with van der Waals surface area (Å²) in [5, 5.41) is 2.64. The number of nitrogens with one attached hydrogen (secondary N) is 1. The summed E-state index contributed by atoms with van der Waals surface area (Å²) in [6.07, 6.45) is 1.25. The van der Waals surface area contributed by atoms with Gasteiger partial charge in [0.2, 0.25) is 10.0 Å². The van der Waals surface area contributed by atoms with Crippen molar-refractivity contribution in [3.63, 3.8) is 0 Å². The van der Waals surface area contributed by atoms with Crippen LogP contribution in [-0.4, -0.2) is 69.1 Å². The van der Waals surface area contributed by atoms with Crippen LogP contribution in [0.5, 0.6) is 0 Å². The third kappa shape index (κ3) is 4.11. The van der Waals surface area contributed by atoms with Crippen LogP contribution in [0.2, 0.25) is 5.02 Å². The second-order valence-electron chi connectivity index (χ2n) is 6.30. The number of sulfonamides is 1. The van der Waals surface area contributed by atoms with E-state index in [0.717, 1.165) is 0 Å². The van der Waals surface area contributed by atoms with Crippen LogP contribution >= 0.6 is 11.6 Å². The maximum Gasteiger partial charge on any atom is 0.317 e. The Morgan fingerprint density at radius 2 is 2.00 bits per heavy atom. The van der Waals surface area contributed by atoms with E-state index in [9.17, 15) is 17.6 Å². The number of nitrogens with zero attached hydrogens (tertiary/aromatic N) is 2. The first-order valence-electron chi connectivity index (χ1n) is 8.47. The van der Waals surface area contributed by atoms with Crippen LogP contribution in [0.25, 0.3) is 0 Å². The molecule has 0 unspecified atom stereocenters. The van der Waals surface area contributed by atoms with E-state index in [1.54, 1.807) is 4.90 Å². The van der Waals surface area contributed by atoms with Crippen molar-refractivity contribution in [2.75, 3.05) is 39.4 Å². The van der Waals surface area contributed by atoms with E-state index in [1.165, 1.54) is 22.5 Å². The number of piperidine rings is 1. The zero-order valence-electron chi connectivity index (χ0n) is 14.2. The van der Waals surface area contributed by atoms with Crippen LogP contribution in [0.15, 0.2) is 23.1 Å². The minimum Gasteiger partial charge on any atom is -0.378 e. The van der Waals surface area contributed by atoms with Crippen LogP contribution in [0, 0.1) is 5.82 Å². The van der Waals surface area contributed by atoms with E-state index < -0.39 is 20.7 Å². The lowest BCUT2D eigenvalue weighted by atomic mass is 10.1. The number of carbonyl (C=O) groups is 1. The van der Waals surface area contributed by atoms with Crippen LogP contribution in [0.1, 0.15) is 12.8 Å². The molecule has 0 aromatic heterocycles. The molecule has 2 saturated heterocycles. The molecule has 7 nitrogen and oxygen atoms in total. The van der Waals surface area contributed by atoms with Gasteiger partial charge in [-0.25, -0.2) is 17.6 Å². The van der Waals surface area contributed by atoms with Crippen molar-refractivity contribution >= 4 is 27.7 Å². The molecule has 0 spiro atoms. The molecule has 2 heterocycles. The molecular weight excluding hydrogens is 385 g/mol. The highest BCUT2D eigenvalue weighted by atomic mass is 35.5. The maximum absolute atomic E-state index is 14.2. The quantitative estimate of drug-likeness (QED) is 0.829. The van der Waals surface area contributed by atoms with Gasteiger partial charge >= 0.3 is 6.03 Å². The highest BCUT2D eigenvalue weighted by Crippen LogP contribution is 2.26. The van der Waals surface area contributed by atoms with Gasteiger partial charge in [0.05, 0.1) is 18.2 Å². The van der Waals surface area contributed by atoms with E-state index >= 15 is 0 Å². The second-order valence-corrected chi connectivity index (χ2v) is 8.62. The standard InChI is InChI=1S/C16H21ClFN3O4S/c17-13-4-1-5-14(15(13)18)26(23,24)21-6-2-3-12(11-21)19-16(22)20-7-9-25-10-8-20/h1,4-5,12H,2-3,6-11H2,(H,19,22)/t12-/m0/s1. The van der Waals surface area contributed by atoms with E-state index in [2.05, 4.69) is 5.32 Å². The molecule has 0 aliphatic carbocycles. The number of benzene rings is 1. The molecule has 1 N–H and O–H groups in total. The van der Waals surface area contributed by atoms with E-state index in [-0.39, 0.29) is 30.2 Å². The normalized spacial score (nSPS) is 22.2. The van der Waals surface area contributed by atoms with Gasteiger partial charge in [-0.15, -0.1) is 0 Å². The Bertz CT molecular complexity index is 771. The third-order valence-electron chi connectivity index (χ3n) is 4.54. The fourth-order valence-electron chi connectivity index (χ4n) is 3.13. The molecule has 1 aromatic carbocycles. The average Bonchev–Trinajstić information content (AvgIpc) is 2.65. The summed E-state index contributed by atoms with van der Waals surface area (Å²) in [7, 11) is -4.02. The second kappa shape index (κ2) is 8.08. The number of hydrogen-bond acceptors (Lipinski definition) is 4. The molecule has 2 amide bonds. The zero-order chi connectivity index (χ0) is 18.7. The van der Waals surface area contributed by atoms with Gasteiger partial charge in [-0.2, -0.15) is 4.31 Å². The Balaban J connectivity index is 1.69. The van der Waals surface area contributed by atoms with Crippen molar-refractivity contribution in [3.8, 4) is 0 Å². The third-order valence-corrected chi connectivity index (χ3v) is 6.72. The Hall–Kier alpha value is -1.42. The summed E-state index contributed by atoms with van der Waals surface area (Å²) in [5.41, 5.74) is 0. The van der Waals surface area contributed by atoms with Gasteiger partial charge in [0.25, 0.3) is 0 Å². The summed E-state index contributed by atoms with van der Waals surface area (Å²) >= 11 is 5.71. The molecule has 0 saturated carbocycles. The van der Waals surface area contributed by atoms with Gasteiger partial charge in [0.1, 0.15) is 4.90 Å². The van der Waals surface area contributed by atoms with Crippen molar-refractivity contribution in [3.05, 3.63) is 29.0 Å². The topological polar surface area (TPSA) is 79.0 Å². The first-order valence-corrected chi connectivity index (χ1v) is 10.3. The van der Waals surface area contributed by atoms with Gasteiger partial charge in [-0.1, -0.05) is 17.7 Å². The first kappa shape index (κ1) is 19.3. The van der Waals surface area contributed by atoms with Crippen molar-refractivity contribution in [2.45, 2.75) is 23.8 Å². The number of ether oxygens (including phenoxy) is 1. The molecule has 1 aromatic rings. The summed E-state index contributed by atoms with van der Waals surface area (Å²) in [4.78, 5) is 13.5. The van der Waals surface area contributed by atoms with Crippen molar-refractivity contribution in [1.29, 1.82) is 0 Å². The summed E-state index contributed by atoms with van der Waals surface area (Å²) < 4.78 is 46.2. The minimum absolute atomic E-state index is 0.102. The molecule has 144 valence electrons. The van der Waals surface area contributed by atoms with E-state index in [1.807, 2.05) is 0 Å². The number of halogens is 2. The van der Waals surface area contributed by atoms with Crippen molar-refractivity contribution < 1.29 is 22.3 Å². The van der Waals surface area contributed by atoms with E-state index in [4.69, 9.17) is 16.3 Å². The lowest BCUT2D eigenvalue weighted by Gasteiger charge is -2.34.